The predicted octanol–water partition coefficient (Wildman–Crippen LogP) is 2.96. The minimum absolute atomic E-state index is 0.182. The average Bonchev–Trinajstić information content (AvgIpc) is 2.32. The highest BCUT2D eigenvalue weighted by molar-refractivity contribution is 6.31. The normalized spacial score (nSPS) is 10.1. The molecule has 0 aliphatic rings. The molecular formula is C12H9Cl2N3O. The Morgan fingerprint density at radius 1 is 1.22 bits per heavy atom. The standard InChI is InChI=1S/C12H9Cl2N3O/c13-9-4-2-1-3-8(9)5-12(18)17-11-6-10(14)15-7-16-11/h1-4,6-7H,5H2,(H,15,16,17,18). The van der Waals surface area contributed by atoms with E-state index in [9.17, 15) is 4.79 Å². The quantitative estimate of drug-likeness (QED) is 0.880. The number of nitrogens with zero attached hydrogens (tertiary/aromatic N) is 2. The summed E-state index contributed by atoms with van der Waals surface area (Å²) < 4.78 is 0. The lowest BCUT2D eigenvalue weighted by atomic mass is 10.1. The zero-order chi connectivity index (χ0) is 13.0. The summed E-state index contributed by atoms with van der Waals surface area (Å²) in [5.74, 6) is 0.157. The summed E-state index contributed by atoms with van der Waals surface area (Å²) in [6.45, 7) is 0. The highest BCUT2D eigenvalue weighted by Crippen LogP contribution is 2.16. The third-order valence-corrected chi connectivity index (χ3v) is 2.79. The van der Waals surface area contributed by atoms with Crippen molar-refractivity contribution < 1.29 is 4.79 Å². The van der Waals surface area contributed by atoms with Crippen molar-refractivity contribution in [3.05, 3.63) is 52.4 Å². The zero-order valence-electron chi connectivity index (χ0n) is 9.23. The first kappa shape index (κ1) is 12.8. The second-order valence-corrected chi connectivity index (χ2v) is 4.34. The number of aromatic nitrogens is 2. The molecule has 0 unspecified atom stereocenters. The summed E-state index contributed by atoms with van der Waals surface area (Å²) in [6.07, 6.45) is 1.47. The van der Waals surface area contributed by atoms with Gasteiger partial charge in [0.05, 0.1) is 6.42 Å². The maximum absolute atomic E-state index is 11.8. The van der Waals surface area contributed by atoms with Gasteiger partial charge >= 0.3 is 0 Å². The van der Waals surface area contributed by atoms with Gasteiger partial charge in [0.25, 0.3) is 0 Å². The van der Waals surface area contributed by atoms with Crippen LogP contribution in [-0.2, 0) is 11.2 Å². The molecule has 0 aliphatic carbocycles. The predicted molar refractivity (Wildman–Crippen MR) is 70.8 cm³/mol. The van der Waals surface area contributed by atoms with Crippen LogP contribution in [0.3, 0.4) is 0 Å². The lowest BCUT2D eigenvalue weighted by Crippen LogP contribution is -2.15. The number of amides is 1. The zero-order valence-corrected chi connectivity index (χ0v) is 10.7. The van der Waals surface area contributed by atoms with E-state index in [1.807, 2.05) is 12.1 Å². The molecule has 1 aromatic carbocycles. The molecular weight excluding hydrogens is 273 g/mol. The van der Waals surface area contributed by atoms with Crippen LogP contribution in [0.5, 0.6) is 0 Å². The Morgan fingerprint density at radius 2 is 2.00 bits per heavy atom. The van der Waals surface area contributed by atoms with Crippen molar-refractivity contribution in [1.29, 1.82) is 0 Å². The molecule has 0 atom stereocenters. The van der Waals surface area contributed by atoms with Crippen molar-refractivity contribution in [2.45, 2.75) is 6.42 Å². The summed E-state index contributed by atoms with van der Waals surface area (Å²) in [7, 11) is 0. The van der Waals surface area contributed by atoms with E-state index >= 15 is 0 Å². The molecule has 2 aromatic rings. The van der Waals surface area contributed by atoms with Gasteiger partial charge < -0.3 is 5.32 Å². The summed E-state index contributed by atoms with van der Waals surface area (Å²) in [4.78, 5) is 19.4. The van der Waals surface area contributed by atoms with Crippen LogP contribution in [-0.4, -0.2) is 15.9 Å². The minimum Gasteiger partial charge on any atom is -0.310 e. The minimum atomic E-state index is -0.210. The van der Waals surface area contributed by atoms with E-state index in [-0.39, 0.29) is 17.5 Å². The molecule has 0 radical (unpaired) electrons. The third kappa shape index (κ3) is 3.42. The average molecular weight is 282 g/mol. The van der Waals surface area contributed by atoms with E-state index in [1.165, 1.54) is 12.4 Å². The second kappa shape index (κ2) is 5.80. The molecule has 0 fully saturated rings. The van der Waals surface area contributed by atoms with Crippen LogP contribution in [0.4, 0.5) is 5.82 Å². The van der Waals surface area contributed by atoms with E-state index in [0.717, 1.165) is 5.56 Å². The van der Waals surface area contributed by atoms with Crippen molar-refractivity contribution in [1.82, 2.24) is 9.97 Å². The van der Waals surface area contributed by atoms with Gasteiger partial charge in [0.1, 0.15) is 17.3 Å². The van der Waals surface area contributed by atoms with Crippen molar-refractivity contribution in [3.63, 3.8) is 0 Å². The van der Waals surface area contributed by atoms with Crippen molar-refractivity contribution in [2.24, 2.45) is 0 Å². The molecule has 0 spiro atoms. The number of nitrogens with one attached hydrogen (secondary N) is 1. The lowest BCUT2D eigenvalue weighted by molar-refractivity contribution is -0.115. The van der Waals surface area contributed by atoms with E-state index in [4.69, 9.17) is 23.2 Å². The number of benzene rings is 1. The number of carbonyl (C=O) groups is 1. The van der Waals surface area contributed by atoms with Gasteiger partial charge in [-0.25, -0.2) is 9.97 Å². The van der Waals surface area contributed by atoms with Gasteiger partial charge in [-0.05, 0) is 11.6 Å². The summed E-state index contributed by atoms with van der Waals surface area (Å²) in [5, 5.41) is 3.46. The molecule has 1 heterocycles. The molecule has 0 saturated carbocycles. The van der Waals surface area contributed by atoms with Crippen molar-refractivity contribution in [3.8, 4) is 0 Å². The lowest BCUT2D eigenvalue weighted by Gasteiger charge is -2.05. The molecule has 2 rings (SSSR count). The van der Waals surface area contributed by atoms with E-state index in [1.54, 1.807) is 12.1 Å². The van der Waals surface area contributed by atoms with Gasteiger partial charge in [-0.2, -0.15) is 0 Å². The van der Waals surface area contributed by atoms with Crippen LogP contribution in [0.1, 0.15) is 5.56 Å². The SMILES string of the molecule is O=C(Cc1ccccc1Cl)Nc1cc(Cl)ncn1. The molecule has 1 aromatic heterocycles. The molecule has 4 nitrogen and oxygen atoms in total. The van der Waals surface area contributed by atoms with Crippen LogP contribution in [0.15, 0.2) is 36.7 Å². The fraction of sp³-hybridized carbons (Fsp3) is 0.0833. The Kier molecular flexibility index (Phi) is 4.12. The third-order valence-electron chi connectivity index (χ3n) is 2.21. The molecule has 92 valence electrons. The smallest absolute Gasteiger partial charge is 0.230 e. The molecule has 6 heteroatoms. The topological polar surface area (TPSA) is 54.9 Å². The fourth-order valence-corrected chi connectivity index (χ4v) is 1.75. The summed E-state index contributed by atoms with van der Waals surface area (Å²) >= 11 is 11.7. The number of hydrogen-bond acceptors (Lipinski definition) is 3. The highest BCUT2D eigenvalue weighted by atomic mass is 35.5. The fourth-order valence-electron chi connectivity index (χ4n) is 1.40. The number of halogens is 2. The Labute approximate surface area is 114 Å². The van der Waals surface area contributed by atoms with E-state index < -0.39 is 0 Å². The van der Waals surface area contributed by atoms with Gasteiger partial charge in [-0.1, -0.05) is 41.4 Å². The van der Waals surface area contributed by atoms with Gasteiger partial charge in [0.2, 0.25) is 5.91 Å². The van der Waals surface area contributed by atoms with Crippen molar-refractivity contribution >= 4 is 34.9 Å². The monoisotopic (exact) mass is 281 g/mol. The van der Waals surface area contributed by atoms with Crippen LogP contribution in [0.2, 0.25) is 10.2 Å². The van der Waals surface area contributed by atoms with Gasteiger partial charge in [-0.15, -0.1) is 0 Å². The number of rotatable bonds is 3. The maximum Gasteiger partial charge on any atom is 0.230 e. The molecule has 1 N–H and O–H groups in total. The second-order valence-electron chi connectivity index (χ2n) is 3.54. The Balaban J connectivity index is 2.03. The largest absolute Gasteiger partial charge is 0.310 e. The van der Waals surface area contributed by atoms with Crippen molar-refractivity contribution in [2.75, 3.05) is 5.32 Å². The first-order valence-electron chi connectivity index (χ1n) is 5.16. The van der Waals surface area contributed by atoms with Gasteiger partial charge in [0, 0.05) is 11.1 Å². The van der Waals surface area contributed by atoms with Crippen LogP contribution in [0.25, 0.3) is 0 Å². The highest BCUT2D eigenvalue weighted by Gasteiger charge is 2.07. The maximum atomic E-state index is 11.8. The number of carbonyl (C=O) groups excluding carboxylic acids is 1. The first-order valence-corrected chi connectivity index (χ1v) is 5.91. The van der Waals surface area contributed by atoms with Crippen LogP contribution < -0.4 is 5.32 Å². The Morgan fingerprint density at radius 3 is 2.72 bits per heavy atom. The summed E-state index contributed by atoms with van der Waals surface area (Å²) in [5.41, 5.74) is 0.761. The van der Waals surface area contributed by atoms with Crippen LogP contribution >= 0.6 is 23.2 Å². The van der Waals surface area contributed by atoms with Gasteiger partial charge in [0.15, 0.2) is 0 Å². The van der Waals surface area contributed by atoms with E-state index in [0.29, 0.717) is 10.8 Å². The number of hydrogen-bond donors (Lipinski definition) is 1. The summed E-state index contributed by atoms with van der Waals surface area (Å²) in [6, 6.07) is 8.66. The molecule has 0 saturated heterocycles. The van der Waals surface area contributed by atoms with E-state index in [2.05, 4.69) is 15.3 Å². The molecule has 18 heavy (non-hydrogen) atoms. The Hall–Kier alpha value is -1.65. The number of anilines is 1. The molecule has 1 amide bonds. The van der Waals surface area contributed by atoms with Crippen LogP contribution in [0, 0.1) is 0 Å². The first-order chi connectivity index (χ1) is 8.65. The Bertz CT molecular complexity index is 575. The van der Waals surface area contributed by atoms with Gasteiger partial charge in [-0.3, -0.25) is 4.79 Å². The molecule has 0 bridgehead atoms. The molecule has 0 aliphatic heterocycles.